The first kappa shape index (κ1) is 36.7. The van der Waals surface area contributed by atoms with E-state index in [0.717, 1.165) is 32.2 Å². The standard InChI is InChI=1S/C39H45FN4O8S/c1-25-32-21-33-35(52-37(36(33)38(45)41-2)26-7-11-29(12-8-26)51-30-13-9-27(40)10-14-30)22-34(32)44(53(3,47)48)23-31(50-25)24-49-39(46)43-19-15-28(16-20-43)42-17-5-4-6-18-42/h7-14,21-22,25,28,31H,4-6,15-20,23-24H2,1-3H3,(H,41,45)/t25-,31-/m0/s1. The summed E-state index contributed by atoms with van der Waals surface area (Å²) in [6.45, 7) is 5.07. The lowest BCUT2D eigenvalue weighted by molar-refractivity contribution is -0.0337. The van der Waals surface area contributed by atoms with Crippen molar-refractivity contribution in [1.29, 1.82) is 0 Å². The van der Waals surface area contributed by atoms with Crippen LogP contribution in [0.15, 0.2) is 65.1 Å². The Bertz CT molecular complexity index is 2060. The van der Waals surface area contributed by atoms with Crippen molar-refractivity contribution in [3.8, 4) is 22.8 Å². The van der Waals surface area contributed by atoms with Crippen LogP contribution in [0.1, 0.15) is 61.1 Å². The lowest BCUT2D eigenvalue weighted by Crippen LogP contribution is -2.48. The van der Waals surface area contributed by atoms with Crippen molar-refractivity contribution in [1.82, 2.24) is 15.1 Å². The van der Waals surface area contributed by atoms with Crippen molar-refractivity contribution in [2.75, 3.05) is 56.9 Å². The number of hydrogen-bond acceptors (Lipinski definition) is 9. The summed E-state index contributed by atoms with van der Waals surface area (Å²) in [6.07, 6.45) is 4.86. The maximum Gasteiger partial charge on any atom is 0.409 e. The van der Waals surface area contributed by atoms with Crippen LogP contribution in [0.3, 0.4) is 0 Å². The first-order valence-corrected chi connectivity index (χ1v) is 20.0. The van der Waals surface area contributed by atoms with E-state index in [9.17, 15) is 22.4 Å². The fourth-order valence-electron chi connectivity index (χ4n) is 7.60. The van der Waals surface area contributed by atoms with Crippen LogP contribution >= 0.6 is 0 Å². The number of piperidine rings is 2. The number of fused-ring (bicyclic) bond motifs is 2. The summed E-state index contributed by atoms with van der Waals surface area (Å²) in [6, 6.07) is 16.4. The van der Waals surface area contributed by atoms with Gasteiger partial charge in [0.05, 0.1) is 30.2 Å². The summed E-state index contributed by atoms with van der Waals surface area (Å²) in [5, 5.41) is 3.17. The molecule has 0 aliphatic carbocycles. The molecule has 282 valence electrons. The molecule has 2 atom stereocenters. The molecule has 0 spiro atoms. The monoisotopic (exact) mass is 748 g/mol. The number of rotatable bonds is 8. The Kier molecular flexibility index (Phi) is 10.6. The fourth-order valence-corrected chi connectivity index (χ4v) is 8.56. The SMILES string of the molecule is CNC(=O)c1c(-c2ccc(Oc3ccc(F)cc3)cc2)oc2cc3c(cc12)[C@H](C)O[C@H](COC(=O)N1CCC(N2CCCCC2)CC1)CN3S(C)(=O)=O. The van der Waals surface area contributed by atoms with Gasteiger partial charge in [-0.3, -0.25) is 9.10 Å². The second kappa shape index (κ2) is 15.4. The van der Waals surface area contributed by atoms with Crippen LogP contribution in [0, 0.1) is 5.82 Å². The van der Waals surface area contributed by atoms with Gasteiger partial charge in [-0.15, -0.1) is 0 Å². The molecule has 3 aliphatic heterocycles. The molecule has 2 saturated heterocycles. The van der Waals surface area contributed by atoms with Gasteiger partial charge in [-0.25, -0.2) is 17.6 Å². The van der Waals surface area contributed by atoms with Crippen LogP contribution in [0.5, 0.6) is 11.5 Å². The molecule has 14 heteroatoms. The Morgan fingerprint density at radius 3 is 2.25 bits per heavy atom. The number of amides is 2. The van der Waals surface area contributed by atoms with Gasteiger partial charge in [0.25, 0.3) is 5.91 Å². The van der Waals surface area contributed by atoms with Crippen LogP contribution < -0.4 is 14.4 Å². The van der Waals surface area contributed by atoms with Gasteiger partial charge in [-0.2, -0.15) is 0 Å². The van der Waals surface area contributed by atoms with E-state index in [4.69, 9.17) is 18.6 Å². The number of ether oxygens (including phenoxy) is 3. The van der Waals surface area contributed by atoms with E-state index in [1.54, 1.807) is 48.2 Å². The summed E-state index contributed by atoms with van der Waals surface area (Å²) in [5.74, 6) is 0.490. The van der Waals surface area contributed by atoms with Gasteiger partial charge in [0.2, 0.25) is 10.0 Å². The lowest BCUT2D eigenvalue weighted by Gasteiger charge is -2.39. The number of nitrogens with one attached hydrogen (secondary N) is 1. The van der Waals surface area contributed by atoms with Crippen LogP contribution in [0.4, 0.5) is 14.9 Å². The number of halogens is 1. The zero-order valence-corrected chi connectivity index (χ0v) is 31.0. The van der Waals surface area contributed by atoms with Gasteiger partial charge < -0.3 is 33.7 Å². The summed E-state index contributed by atoms with van der Waals surface area (Å²) in [4.78, 5) is 30.8. The maximum atomic E-state index is 13.4. The van der Waals surface area contributed by atoms with Crippen LogP contribution in [0.25, 0.3) is 22.3 Å². The third-order valence-electron chi connectivity index (χ3n) is 10.4. The Morgan fingerprint density at radius 2 is 1.60 bits per heavy atom. The Labute approximate surface area is 308 Å². The predicted molar refractivity (Wildman–Crippen MR) is 198 cm³/mol. The predicted octanol–water partition coefficient (Wildman–Crippen LogP) is 6.70. The molecule has 7 rings (SSSR count). The largest absolute Gasteiger partial charge is 0.457 e. The molecule has 3 aliphatic rings. The van der Waals surface area contributed by atoms with Crippen molar-refractivity contribution in [2.45, 2.75) is 57.3 Å². The van der Waals surface area contributed by atoms with Gasteiger partial charge in [-0.05, 0) is 100 Å². The molecule has 53 heavy (non-hydrogen) atoms. The molecule has 3 aromatic carbocycles. The number of sulfonamides is 1. The summed E-state index contributed by atoms with van der Waals surface area (Å²) in [7, 11) is -2.31. The maximum absolute atomic E-state index is 13.4. The average molecular weight is 749 g/mol. The third kappa shape index (κ3) is 7.99. The minimum absolute atomic E-state index is 0.0859. The third-order valence-corrected chi connectivity index (χ3v) is 11.5. The minimum Gasteiger partial charge on any atom is -0.457 e. The summed E-state index contributed by atoms with van der Waals surface area (Å²) in [5.41, 5.74) is 2.06. The number of nitrogens with zero attached hydrogens (tertiary/aromatic N) is 3. The number of benzene rings is 3. The molecular weight excluding hydrogens is 704 g/mol. The number of anilines is 1. The molecule has 4 aromatic rings. The van der Waals surface area contributed by atoms with Crippen molar-refractivity contribution < 1.29 is 41.0 Å². The number of carbonyl (C=O) groups excluding carboxylic acids is 2. The Balaban J connectivity index is 1.11. The van der Waals surface area contributed by atoms with Gasteiger partial charge >= 0.3 is 6.09 Å². The van der Waals surface area contributed by atoms with Crippen LogP contribution in [0.2, 0.25) is 0 Å². The topological polar surface area (TPSA) is 131 Å². The lowest BCUT2D eigenvalue weighted by atomic mass is 10.0. The molecular formula is C39H45FN4O8S. The van der Waals surface area contributed by atoms with E-state index in [0.29, 0.717) is 58.4 Å². The smallest absolute Gasteiger partial charge is 0.409 e. The van der Waals surface area contributed by atoms with E-state index in [2.05, 4.69) is 10.2 Å². The molecule has 2 fully saturated rings. The fraction of sp³-hybridized carbons (Fsp3) is 0.436. The normalized spacial score (nSPS) is 20.2. The zero-order valence-electron chi connectivity index (χ0n) is 30.2. The number of likely N-dealkylation sites (tertiary alicyclic amines) is 2. The highest BCUT2D eigenvalue weighted by Gasteiger charge is 2.35. The highest BCUT2D eigenvalue weighted by molar-refractivity contribution is 7.92. The van der Waals surface area contributed by atoms with Gasteiger partial charge in [0, 0.05) is 48.8 Å². The molecule has 0 radical (unpaired) electrons. The van der Waals surface area contributed by atoms with E-state index >= 15 is 0 Å². The first-order chi connectivity index (χ1) is 25.5. The molecule has 4 heterocycles. The second-order valence-electron chi connectivity index (χ2n) is 14.0. The Morgan fingerprint density at radius 1 is 0.943 bits per heavy atom. The number of hydrogen-bond donors (Lipinski definition) is 1. The molecule has 1 aromatic heterocycles. The molecule has 1 N–H and O–H groups in total. The van der Waals surface area contributed by atoms with Crippen LogP contribution in [-0.4, -0.2) is 95.0 Å². The first-order valence-electron chi connectivity index (χ1n) is 18.1. The number of carbonyl (C=O) groups is 2. The van der Waals surface area contributed by atoms with Crippen LogP contribution in [-0.2, 0) is 19.5 Å². The van der Waals surface area contributed by atoms with Crippen molar-refractivity contribution in [2.24, 2.45) is 0 Å². The van der Waals surface area contributed by atoms with Crippen molar-refractivity contribution >= 4 is 38.7 Å². The van der Waals surface area contributed by atoms with Gasteiger partial charge in [-0.1, -0.05) is 6.42 Å². The highest BCUT2D eigenvalue weighted by atomic mass is 32.2. The minimum atomic E-state index is -3.83. The van der Waals surface area contributed by atoms with Crippen molar-refractivity contribution in [3.63, 3.8) is 0 Å². The highest BCUT2D eigenvalue weighted by Crippen LogP contribution is 2.42. The molecule has 0 bridgehead atoms. The summed E-state index contributed by atoms with van der Waals surface area (Å²) < 4.78 is 65.4. The molecule has 0 saturated carbocycles. The van der Waals surface area contributed by atoms with Crippen molar-refractivity contribution in [3.05, 3.63) is 77.6 Å². The summed E-state index contributed by atoms with van der Waals surface area (Å²) >= 11 is 0. The zero-order chi connectivity index (χ0) is 37.3. The second-order valence-corrected chi connectivity index (χ2v) is 15.9. The Hall–Kier alpha value is -4.66. The van der Waals surface area contributed by atoms with E-state index in [1.165, 1.54) is 54.9 Å². The van der Waals surface area contributed by atoms with Gasteiger partial charge in [0.1, 0.15) is 41.4 Å². The molecule has 2 amide bonds. The van der Waals surface area contributed by atoms with E-state index in [1.807, 2.05) is 0 Å². The van der Waals surface area contributed by atoms with E-state index in [-0.39, 0.29) is 30.3 Å². The quantitative estimate of drug-likeness (QED) is 0.209. The van der Waals surface area contributed by atoms with E-state index < -0.39 is 34.2 Å². The number of furan rings is 1. The van der Waals surface area contributed by atoms with Gasteiger partial charge in [0.15, 0.2) is 0 Å². The average Bonchev–Trinajstić information content (AvgIpc) is 3.47. The molecule has 12 nitrogen and oxygen atoms in total. The molecule has 0 unspecified atom stereocenters.